The Balaban J connectivity index is 1.49. The van der Waals surface area contributed by atoms with Crippen LogP contribution in [0, 0.1) is 6.92 Å². The van der Waals surface area contributed by atoms with Crippen molar-refractivity contribution in [3.8, 4) is 22.8 Å². The zero-order valence-electron chi connectivity index (χ0n) is 19.8. The Hall–Kier alpha value is -2.38. The number of nitrogens with zero attached hydrogens (tertiary/aromatic N) is 1. The summed E-state index contributed by atoms with van der Waals surface area (Å²) in [5.74, 6) is 1.56. The van der Waals surface area contributed by atoms with Crippen molar-refractivity contribution in [2.24, 2.45) is 0 Å². The predicted octanol–water partition coefficient (Wildman–Crippen LogP) is 7.37. The molecule has 3 rings (SSSR count). The Morgan fingerprint density at radius 3 is 2.48 bits per heavy atom. The van der Waals surface area contributed by atoms with Crippen molar-refractivity contribution >= 4 is 38.3 Å². The number of hydrogen-bond acceptors (Lipinski definition) is 5. The third-order valence-corrected chi connectivity index (χ3v) is 6.59. The number of halogens is 1. The van der Waals surface area contributed by atoms with Crippen LogP contribution in [0.3, 0.4) is 0 Å². The fourth-order valence-corrected chi connectivity index (χ4v) is 4.62. The van der Waals surface area contributed by atoms with Gasteiger partial charge < -0.3 is 14.8 Å². The van der Waals surface area contributed by atoms with Crippen molar-refractivity contribution in [1.29, 1.82) is 0 Å². The molecule has 0 aliphatic heterocycles. The number of nitrogens with one attached hydrogen (secondary N) is 1. The van der Waals surface area contributed by atoms with E-state index in [0.29, 0.717) is 31.2 Å². The number of thiazole rings is 1. The quantitative estimate of drug-likeness (QED) is 0.293. The highest BCUT2D eigenvalue weighted by Gasteiger charge is 2.16. The van der Waals surface area contributed by atoms with Crippen LogP contribution >= 0.6 is 27.3 Å². The molecule has 0 unspecified atom stereocenters. The van der Waals surface area contributed by atoms with E-state index >= 15 is 0 Å². The van der Waals surface area contributed by atoms with Gasteiger partial charge in [-0.15, -0.1) is 11.3 Å². The second kappa shape index (κ2) is 11.2. The lowest BCUT2D eigenvalue weighted by atomic mass is 9.87. The van der Waals surface area contributed by atoms with Gasteiger partial charge in [0.2, 0.25) is 5.91 Å². The number of carbonyl (C=O) groups is 1. The highest BCUT2D eigenvalue weighted by molar-refractivity contribution is 9.10. The van der Waals surface area contributed by atoms with Crippen LogP contribution in [-0.2, 0) is 10.2 Å². The van der Waals surface area contributed by atoms with E-state index in [9.17, 15) is 4.79 Å². The molecule has 176 valence electrons. The third kappa shape index (κ3) is 7.05. The topological polar surface area (TPSA) is 60.5 Å². The lowest BCUT2D eigenvalue weighted by Gasteiger charge is -2.20. The average Bonchev–Trinajstić information content (AvgIpc) is 3.12. The van der Waals surface area contributed by atoms with Crippen LogP contribution < -0.4 is 14.8 Å². The van der Waals surface area contributed by atoms with E-state index in [0.717, 1.165) is 32.1 Å². The smallest absolute Gasteiger partial charge is 0.226 e. The average molecular weight is 532 g/mol. The van der Waals surface area contributed by atoms with Crippen molar-refractivity contribution in [1.82, 2.24) is 4.98 Å². The Labute approximate surface area is 208 Å². The lowest BCUT2D eigenvalue weighted by Crippen LogP contribution is -2.13. The van der Waals surface area contributed by atoms with E-state index in [-0.39, 0.29) is 11.3 Å². The molecule has 1 heterocycles. The molecule has 0 spiro atoms. The third-order valence-electron chi connectivity index (χ3n) is 5.09. The number of carbonyl (C=O) groups excluding carboxylic acids is 1. The summed E-state index contributed by atoms with van der Waals surface area (Å²) in [5, 5.41) is 3.53. The fourth-order valence-electron chi connectivity index (χ4n) is 3.27. The lowest BCUT2D eigenvalue weighted by molar-refractivity contribution is -0.116. The molecule has 0 atom stereocenters. The standard InChI is InChI=1S/C26H31BrN2O3S/c1-6-31-20-12-9-18(10-13-20)24-17(2)33-25(29-24)28-23(30)8-7-15-32-22-14-11-19(16-21(22)27)26(3,4)5/h9-14,16H,6-8,15H2,1-5H3,(H,28,29,30). The molecule has 33 heavy (non-hydrogen) atoms. The summed E-state index contributed by atoms with van der Waals surface area (Å²) in [6.07, 6.45) is 0.990. The Kier molecular flexibility index (Phi) is 8.54. The van der Waals surface area contributed by atoms with Gasteiger partial charge in [0.15, 0.2) is 5.13 Å². The number of rotatable bonds is 9. The van der Waals surface area contributed by atoms with Gasteiger partial charge in [-0.2, -0.15) is 0 Å². The number of aryl methyl sites for hydroxylation is 1. The highest BCUT2D eigenvalue weighted by Crippen LogP contribution is 2.32. The second-order valence-electron chi connectivity index (χ2n) is 8.78. The van der Waals surface area contributed by atoms with Gasteiger partial charge in [0.25, 0.3) is 0 Å². The van der Waals surface area contributed by atoms with Gasteiger partial charge in [-0.3, -0.25) is 4.79 Å². The van der Waals surface area contributed by atoms with Crippen molar-refractivity contribution in [3.05, 3.63) is 57.4 Å². The molecule has 0 radical (unpaired) electrons. The number of benzene rings is 2. The monoisotopic (exact) mass is 530 g/mol. The molecule has 1 N–H and O–H groups in total. The fraction of sp³-hybridized carbons (Fsp3) is 0.385. The van der Waals surface area contributed by atoms with Crippen LogP contribution in [0.4, 0.5) is 5.13 Å². The van der Waals surface area contributed by atoms with Crippen LogP contribution in [0.2, 0.25) is 0 Å². The number of amides is 1. The molecule has 0 saturated heterocycles. The largest absolute Gasteiger partial charge is 0.494 e. The molecule has 1 amide bonds. The molecule has 0 saturated carbocycles. The van der Waals surface area contributed by atoms with Crippen LogP contribution in [0.5, 0.6) is 11.5 Å². The molecule has 2 aromatic carbocycles. The maximum Gasteiger partial charge on any atom is 0.226 e. The first-order valence-electron chi connectivity index (χ1n) is 11.1. The first kappa shape index (κ1) is 25.2. The summed E-state index contributed by atoms with van der Waals surface area (Å²) in [7, 11) is 0. The van der Waals surface area contributed by atoms with E-state index < -0.39 is 0 Å². The molecular formula is C26H31BrN2O3S. The summed E-state index contributed by atoms with van der Waals surface area (Å²) in [6.45, 7) is 11.6. The van der Waals surface area contributed by atoms with Gasteiger partial charge >= 0.3 is 0 Å². The minimum Gasteiger partial charge on any atom is -0.494 e. The Morgan fingerprint density at radius 1 is 1.12 bits per heavy atom. The van der Waals surface area contributed by atoms with Crippen LogP contribution in [0.15, 0.2) is 46.9 Å². The maximum atomic E-state index is 12.4. The number of anilines is 1. The molecule has 0 aliphatic carbocycles. The van der Waals surface area contributed by atoms with E-state index in [1.807, 2.05) is 44.2 Å². The van der Waals surface area contributed by atoms with Crippen molar-refractivity contribution in [2.75, 3.05) is 18.5 Å². The molecular weight excluding hydrogens is 500 g/mol. The molecule has 5 nitrogen and oxygen atoms in total. The van der Waals surface area contributed by atoms with Gasteiger partial charge in [0.1, 0.15) is 11.5 Å². The summed E-state index contributed by atoms with van der Waals surface area (Å²) in [4.78, 5) is 18.1. The molecule has 1 aromatic heterocycles. The van der Waals surface area contributed by atoms with Gasteiger partial charge in [0.05, 0.1) is 23.4 Å². The van der Waals surface area contributed by atoms with E-state index in [2.05, 4.69) is 59.1 Å². The van der Waals surface area contributed by atoms with Crippen molar-refractivity contribution < 1.29 is 14.3 Å². The molecule has 3 aromatic rings. The van der Waals surface area contributed by atoms with Crippen LogP contribution in [-0.4, -0.2) is 24.1 Å². The van der Waals surface area contributed by atoms with Gasteiger partial charge in [-0.05, 0) is 83.6 Å². The molecule has 0 bridgehead atoms. The van der Waals surface area contributed by atoms with Crippen molar-refractivity contribution in [2.45, 2.75) is 52.9 Å². The Bertz CT molecular complexity index is 1090. The molecule has 0 fully saturated rings. The minimum absolute atomic E-state index is 0.0623. The summed E-state index contributed by atoms with van der Waals surface area (Å²) < 4.78 is 12.3. The zero-order valence-corrected chi connectivity index (χ0v) is 22.2. The molecule has 0 aliphatic rings. The van der Waals surface area contributed by atoms with E-state index in [1.165, 1.54) is 16.9 Å². The molecule has 7 heteroatoms. The summed E-state index contributed by atoms with van der Waals surface area (Å²) in [6, 6.07) is 14.0. The SMILES string of the molecule is CCOc1ccc(-c2nc(NC(=O)CCCOc3ccc(C(C)(C)C)cc3Br)sc2C)cc1. The van der Waals surface area contributed by atoms with Gasteiger partial charge in [-0.1, -0.05) is 26.8 Å². The van der Waals surface area contributed by atoms with Crippen molar-refractivity contribution in [3.63, 3.8) is 0 Å². The highest BCUT2D eigenvalue weighted by atomic mass is 79.9. The minimum atomic E-state index is -0.0623. The van der Waals surface area contributed by atoms with E-state index in [4.69, 9.17) is 9.47 Å². The van der Waals surface area contributed by atoms with E-state index in [1.54, 1.807) is 0 Å². The first-order valence-corrected chi connectivity index (χ1v) is 12.7. The zero-order chi connectivity index (χ0) is 24.0. The summed E-state index contributed by atoms with van der Waals surface area (Å²) in [5.41, 5.74) is 3.21. The second-order valence-corrected chi connectivity index (χ2v) is 10.8. The number of ether oxygens (including phenoxy) is 2. The first-order chi connectivity index (χ1) is 15.7. The summed E-state index contributed by atoms with van der Waals surface area (Å²) >= 11 is 5.07. The normalized spacial score (nSPS) is 11.3. The number of aromatic nitrogens is 1. The van der Waals surface area contributed by atoms with Crippen LogP contribution in [0.25, 0.3) is 11.3 Å². The van der Waals surface area contributed by atoms with Gasteiger partial charge in [-0.25, -0.2) is 4.98 Å². The van der Waals surface area contributed by atoms with Crippen LogP contribution in [0.1, 0.15) is 51.0 Å². The van der Waals surface area contributed by atoms with Gasteiger partial charge in [0, 0.05) is 16.9 Å². The number of hydrogen-bond donors (Lipinski definition) is 1. The maximum absolute atomic E-state index is 12.4. The predicted molar refractivity (Wildman–Crippen MR) is 140 cm³/mol. The Morgan fingerprint density at radius 2 is 1.85 bits per heavy atom.